The summed E-state index contributed by atoms with van der Waals surface area (Å²) in [6.45, 7) is 0.851. The van der Waals surface area contributed by atoms with Gasteiger partial charge in [0, 0.05) is 42.4 Å². The SMILES string of the molecule is CN(C)Cc1c[nH]c(C=C2C(=O)Nc3cc(/C=C/CNC(=O)c4cncn(Cc5ccc(F)c(F)c5)c4=O)ccc32)c1. The van der Waals surface area contributed by atoms with E-state index in [0.29, 0.717) is 16.8 Å². The summed E-state index contributed by atoms with van der Waals surface area (Å²) in [5.74, 6) is -2.82. The highest BCUT2D eigenvalue weighted by Crippen LogP contribution is 2.34. The molecule has 0 radical (unpaired) electrons. The average Bonchev–Trinajstić information content (AvgIpc) is 3.52. The summed E-state index contributed by atoms with van der Waals surface area (Å²) in [5.41, 5.74) is 4.39. The molecular weight excluding hydrogens is 542 g/mol. The highest BCUT2D eigenvalue weighted by Gasteiger charge is 2.24. The van der Waals surface area contributed by atoms with Crippen LogP contribution in [0.4, 0.5) is 14.5 Å². The van der Waals surface area contributed by atoms with Crippen LogP contribution in [0.1, 0.15) is 38.3 Å². The lowest BCUT2D eigenvalue weighted by Gasteiger charge is -2.08. The predicted molar refractivity (Wildman–Crippen MR) is 156 cm³/mol. The number of benzene rings is 2. The molecule has 0 atom stereocenters. The lowest BCUT2D eigenvalue weighted by molar-refractivity contribution is -0.110. The summed E-state index contributed by atoms with van der Waals surface area (Å²) < 4.78 is 27.9. The molecule has 2 aromatic carbocycles. The van der Waals surface area contributed by atoms with Crippen molar-refractivity contribution in [3.8, 4) is 0 Å². The molecule has 5 rings (SSSR count). The molecule has 3 N–H and O–H groups in total. The maximum atomic E-state index is 13.5. The second-order valence-corrected chi connectivity index (χ2v) is 10.1. The van der Waals surface area contributed by atoms with Crippen molar-refractivity contribution < 1.29 is 18.4 Å². The van der Waals surface area contributed by atoms with Gasteiger partial charge in [0.1, 0.15) is 5.56 Å². The molecule has 0 saturated heterocycles. The number of amides is 2. The van der Waals surface area contributed by atoms with Crippen LogP contribution >= 0.6 is 0 Å². The number of aromatic nitrogens is 3. The Morgan fingerprint density at radius 2 is 1.90 bits per heavy atom. The fourth-order valence-electron chi connectivity index (χ4n) is 4.61. The summed E-state index contributed by atoms with van der Waals surface area (Å²) in [7, 11) is 3.99. The van der Waals surface area contributed by atoms with E-state index in [-0.39, 0.29) is 24.6 Å². The highest BCUT2D eigenvalue weighted by atomic mass is 19.2. The van der Waals surface area contributed by atoms with Gasteiger partial charge in [-0.25, -0.2) is 13.8 Å². The normalized spacial score (nSPS) is 13.6. The number of nitrogens with one attached hydrogen (secondary N) is 3. The van der Waals surface area contributed by atoms with Crippen LogP contribution in [0.5, 0.6) is 0 Å². The van der Waals surface area contributed by atoms with Gasteiger partial charge in [-0.15, -0.1) is 0 Å². The van der Waals surface area contributed by atoms with E-state index in [1.54, 1.807) is 12.2 Å². The topological polar surface area (TPSA) is 112 Å². The number of H-pyrrole nitrogens is 1. The second-order valence-electron chi connectivity index (χ2n) is 10.1. The van der Waals surface area contributed by atoms with Crippen LogP contribution in [0.15, 0.2) is 72.1 Å². The molecule has 9 nitrogen and oxygen atoms in total. The van der Waals surface area contributed by atoms with Crippen LogP contribution in [0.3, 0.4) is 0 Å². The van der Waals surface area contributed by atoms with Gasteiger partial charge in [0.05, 0.1) is 18.4 Å². The fraction of sp³-hybridized carbons (Fsp3) is 0.161. The monoisotopic (exact) mass is 570 g/mol. The molecule has 0 unspecified atom stereocenters. The van der Waals surface area contributed by atoms with Crippen LogP contribution in [0.2, 0.25) is 0 Å². The lowest BCUT2D eigenvalue weighted by atomic mass is 10.0. The van der Waals surface area contributed by atoms with Crippen molar-refractivity contribution in [2.75, 3.05) is 26.0 Å². The molecule has 0 spiro atoms. The lowest BCUT2D eigenvalue weighted by Crippen LogP contribution is -2.33. The van der Waals surface area contributed by atoms with Gasteiger partial charge in [0.15, 0.2) is 11.6 Å². The first-order valence-electron chi connectivity index (χ1n) is 13.1. The smallest absolute Gasteiger partial charge is 0.266 e. The van der Waals surface area contributed by atoms with Gasteiger partial charge in [0.25, 0.3) is 17.4 Å². The number of fused-ring (bicyclic) bond motifs is 1. The van der Waals surface area contributed by atoms with E-state index in [9.17, 15) is 23.2 Å². The molecule has 0 fully saturated rings. The molecule has 1 aliphatic rings. The number of carbonyl (C=O) groups is 2. The van der Waals surface area contributed by atoms with Crippen molar-refractivity contribution in [2.45, 2.75) is 13.1 Å². The Balaban J connectivity index is 1.21. The van der Waals surface area contributed by atoms with E-state index in [2.05, 4.69) is 25.5 Å². The molecule has 3 heterocycles. The third kappa shape index (κ3) is 6.42. The highest BCUT2D eigenvalue weighted by molar-refractivity contribution is 6.34. The molecule has 0 aliphatic carbocycles. The van der Waals surface area contributed by atoms with Gasteiger partial charge in [-0.1, -0.05) is 30.4 Å². The van der Waals surface area contributed by atoms with Crippen LogP contribution < -0.4 is 16.2 Å². The maximum Gasteiger partial charge on any atom is 0.266 e. The minimum atomic E-state index is -1.03. The van der Waals surface area contributed by atoms with Gasteiger partial charge < -0.3 is 20.5 Å². The zero-order chi connectivity index (χ0) is 29.8. The van der Waals surface area contributed by atoms with E-state index < -0.39 is 23.1 Å². The third-order valence-electron chi connectivity index (χ3n) is 6.56. The number of anilines is 1. The fourth-order valence-corrected chi connectivity index (χ4v) is 4.61. The van der Waals surface area contributed by atoms with E-state index in [1.807, 2.05) is 50.6 Å². The molecule has 4 aromatic rings. The Labute approximate surface area is 240 Å². The molecule has 11 heteroatoms. The van der Waals surface area contributed by atoms with Crippen molar-refractivity contribution >= 4 is 35.2 Å². The molecule has 1 aliphatic heterocycles. The van der Waals surface area contributed by atoms with E-state index >= 15 is 0 Å². The third-order valence-corrected chi connectivity index (χ3v) is 6.56. The van der Waals surface area contributed by atoms with E-state index in [1.165, 1.54) is 12.4 Å². The molecular formula is C31H28F2N6O3. The molecule has 2 amide bonds. The summed E-state index contributed by atoms with van der Waals surface area (Å²) in [4.78, 5) is 47.3. The maximum absolute atomic E-state index is 13.5. The van der Waals surface area contributed by atoms with Crippen LogP contribution in [0, 0.1) is 11.6 Å². The number of hydrogen-bond donors (Lipinski definition) is 3. The Hall–Kier alpha value is -5.16. The summed E-state index contributed by atoms with van der Waals surface area (Å²) in [5, 5.41) is 5.55. The van der Waals surface area contributed by atoms with E-state index in [0.717, 1.165) is 51.8 Å². The standard InChI is InChI=1S/C31H28F2N6O3/c1-38(2)16-21-10-22(36-14-21)13-24-23-7-5-19(12-28(23)37-30(24)41)4-3-9-35-29(40)25-15-34-18-39(31(25)42)17-20-6-8-26(32)27(33)11-20/h3-8,10-15,18,36H,9,16-17H2,1-2H3,(H,35,40)(H,37,41)/b4-3+,24-13?. The van der Waals surface area contributed by atoms with Gasteiger partial charge >= 0.3 is 0 Å². The van der Waals surface area contributed by atoms with Gasteiger partial charge in [-0.3, -0.25) is 19.0 Å². The molecule has 0 bridgehead atoms. The molecule has 2 aromatic heterocycles. The number of aromatic amines is 1. The summed E-state index contributed by atoms with van der Waals surface area (Å²) in [6.07, 6.45) is 9.65. The van der Waals surface area contributed by atoms with Crippen molar-refractivity contribution in [3.63, 3.8) is 0 Å². The summed E-state index contributed by atoms with van der Waals surface area (Å²) >= 11 is 0. The minimum Gasteiger partial charge on any atom is -0.361 e. The van der Waals surface area contributed by atoms with Gasteiger partial charge in [0.2, 0.25) is 0 Å². The molecule has 0 saturated carbocycles. The molecule has 42 heavy (non-hydrogen) atoms. The Morgan fingerprint density at radius 3 is 2.69 bits per heavy atom. The first-order valence-corrected chi connectivity index (χ1v) is 13.1. The van der Waals surface area contributed by atoms with E-state index in [4.69, 9.17) is 0 Å². The number of rotatable bonds is 9. The molecule has 214 valence electrons. The van der Waals surface area contributed by atoms with Crippen molar-refractivity contribution in [1.82, 2.24) is 24.8 Å². The van der Waals surface area contributed by atoms with Crippen LogP contribution in [-0.4, -0.2) is 51.9 Å². The number of nitrogens with zero attached hydrogens (tertiary/aromatic N) is 3. The first kappa shape index (κ1) is 28.4. The average molecular weight is 571 g/mol. The zero-order valence-corrected chi connectivity index (χ0v) is 22.9. The van der Waals surface area contributed by atoms with Crippen molar-refractivity contribution in [2.24, 2.45) is 0 Å². The second kappa shape index (κ2) is 12.1. The van der Waals surface area contributed by atoms with Crippen LogP contribution in [-0.2, 0) is 17.9 Å². The largest absolute Gasteiger partial charge is 0.361 e. The number of hydrogen-bond acceptors (Lipinski definition) is 5. The summed E-state index contributed by atoms with van der Waals surface area (Å²) in [6, 6.07) is 10.9. The number of carbonyl (C=O) groups excluding carboxylic acids is 2. The van der Waals surface area contributed by atoms with Crippen molar-refractivity contribution in [1.29, 1.82) is 0 Å². The first-order chi connectivity index (χ1) is 20.2. The Kier molecular flexibility index (Phi) is 8.21. The van der Waals surface area contributed by atoms with Gasteiger partial charge in [-0.2, -0.15) is 0 Å². The number of halogens is 2. The minimum absolute atomic E-state index is 0.0711. The Bertz CT molecular complexity index is 1790. The van der Waals surface area contributed by atoms with Crippen molar-refractivity contribution in [3.05, 3.63) is 123 Å². The Morgan fingerprint density at radius 1 is 1.07 bits per heavy atom. The predicted octanol–water partition coefficient (Wildman–Crippen LogP) is 3.90. The van der Waals surface area contributed by atoms with Crippen LogP contribution in [0.25, 0.3) is 17.7 Å². The van der Waals surface area contributed by atoms with Gasteiger partial charge in [-0.05, 0) is 61.1 Å². The quantitative estimate of drug-likeness (QED) is 0.265. The zero-order valence-electron chi connectivity index (χ0n) is 22.9.